The van der Waals surface area contributed by atoms with Crippen LogP contribution >= 0.6 is 0 Å². The van der Waals surface area contributed by atoms with E-state index in [2.05, 4.69) is 48.6 Å². The minimum Gasteiger partial charge on any atom is -0.493 e. The Morgan fingerprint density at radius 1 is 1.00 bits per heavy atom. The Morgan fingerprint density at radius 2 is 1.68 bits per heavy atom. The minimum absolute atomic E-state index is 0.161. The van der Waals surface area contributed by atoms with Crippen molar-refractivity contribution in [3.05, 3.63) is 65.7 Å². The monoisotopic (exact) mass is 255 g/mol. The van der Waals surface area contributed by atoms with Crippen molar-refractivity contribution in [3.63, 3.8) is 0 Å². The van der Waals surface area contributed by atoms with Gasteiger partial charge in [-0.05, 0) is 25.1 Å². The second-order valence-electron chi connectivity index (χ2n) is 4.52. The van der Waals surface area contributed by atoms with Crippen molar-refractivity contribution < 1.29 is 4.74 Å². The van der Waals surface area contributed by atoms with Gasteiger partial charge in [0.05, 0.1) is 12.6 Å². The number of rotatable bonds is 6. The lowest BCUT2D eigenvalue weighted by Crippen LogP contribution is -2.18. The van der Waals surface area contributed by atoms with Crippen LogP contribution in [0.4, 0.5) is 0 Å². The molecule has 2 heteroatoms. The molecular weight excluding hydrogens is 234 g/mol. The van der Waals surface area contributed by atoms with Crippen molar-refractivity contribution in [3.8, 4) is 5.75 Å². The second kappa shape index (κ2) is 6.95. The largest absolute Gasteiger partial charge is 0.493 e. The van der Waals surface area contributed by atoms with Crippen molar-refractivity contribution in [2.75, 3.05) is 13.7 Å². The highest BCUT2D eigenvalue weighted by atomic mass is 16.5. The number of ether oxygens (including phenoxy) is 1. The third kappa shape index (κ3) is 3.36. The van der Waals surface area contributed by atoms with E-state index >= 15 is 0 Å². The lowest BCUT2D eigenvalue weighted by Gasteiger charge is -2.20. The molecule has 0 saturated carbocycles. The summed E-state index contributed by atoms with van der Waals surface area (Å²) < 4.78 is 5.85. The first-order valence-electron chi connectivity index (χ1n) is 6.80. The molecule has 0 aromatic heterocycles. The zero-order valence-corrected chi connectivity index (χ0v) is 11.6. The van der Waals surface area contributed by atoms with Crippen molar-refractivity contribution >= 4 is 0 Å². The molecule has 0 radical (unpaired) electrons. The van der Waals surface area contributed by atoms with Gasteiger partial charge in [0.1, 0.15) is 5.75 Å². The molecule has 2 aromatic carbocycles. The van der Waals surface area contributed by atoms with Gasteiger partial charge in [0, 0.05) is 5.56 Å². The number of hydrogen-bond donors (Lipinski definition) is 1. The topological polar surface area (TPSA) is 21.3 Å². The molecule has 0 saturated heterocycles. The Balaban J connectivity index is 2.33. The third-order valence-corrected chi connectivity index (χ3v) is 3.11. The summed E-state index contributed by atoms with van der Waals surface area (Å²) in [4.78, 5) is 0. The van der Waals surface area contributed by atoms with Crippen molar-refractivity contribution in [1.29, 1.82) is 0 Å². The Kier molecular flexibility index (Phi) is 4.99. The maximum Gasteiger partial charge on any atom is 0.124 e. The average molecular weight is 255 g/mol. The van der Waals surface area contributed by atoms with Gasteiger partial charge in [-0.15, -0.1) is 0 Å². The molecule has 0 aliphatic carbocycles. The predicted molar refractivity (Wildman–Crippen MR) is 79.6 cm³/mol. The van der Waals surface area contributed by atoms with Gasteiger partial charge in [0.25, 0.3) is 0 Å². The lowest BCUT2D eigenvalue weighted by molar-refractivity contribution is 0.312. The number of para-hydroxylation sites is 1. The summed E-state index contributed by atoms with van der Waals surface area (Å²) in [5.41, 5.74) is 2.43. The highest BCUT2D eigenvalue weighted by Gasteiger charge is 2.15. The highest BCUT2D eigenvalue weighted by molar-refractivity contribution is 5.41. The van der Waals surface area contributed by atoms with Gasteiger partial charge in [-0.25, -0.2) is 0 Å². The lowest BCUT2D eigenvalue weighted by atomic mass is 9.98. The highest BCUT2D eigenvalue weighted by Crippen LogP contribution is 2.29. The fraction of sp³-hybridized carbons (Fsp3) is 0.294. The fourth-order valence-electron chi connectivity index (χ4n) is 2.21. The first-order valence-corrected chi connectivity index (χ1v) is 6.80. The van der Waals surface area contributed by atoms with Crippen molar-refractivity contribution in [1.82, 2.24) is 5.32 Å². The summed E-state index contributed by atoms with van der Waals surface area (Å²) in [5, 5.41) is 3.37. The Hall–Kier alpha value is -1.80. The van der Waals surface area contributed by atoms with E-state index in [0.29, 0.717) is 0 Å². The van der Waals surface area contributed by atoms with Crippen LogP contribution in [0, 0.1) is 0 Å². The summed E-state index contributed by atoms with van der Waals surface area (Å²) in [6.07, 6.45) is 1.02. The molecule has 0 amide bonds. The SMILES string of the molecule is CCCOc1ccccc1C(NC)c1ccccc1. The number of hydrogen-bond acceptors (Lipinski definition) is 2. The van der Waals surface area contributed by atoms with E-state index in [1.54, 1.807) is 0 Å². The predicted octanol–water partition coefficient (Wildman–Crippen LogP) is 3.78. The van der Waals surface area contributed by atoms with Gasteiger partial charge in [0.15, 0.2) is 0 Å². The maximum absolute atomic E-state index is 5.85. The summed E-state index contributed by atoms with van der Waals surface area (Å²) in [6, 6.07) is 18.8. The molecule has 0 aliphatic rings. The van der Waals surface area contributed by atoms with Crippen LogP contribution in [0.5, 0.6) is 5.75 Å². The first-order chi connectivity index (χ1) is 9.36. The van der Waals surface area contributed by atoms with Crippen molar-refractivity contribution in [2.24, 2.45) is 0 Å². The maximum atomic E-state index is 5.85. The molecule has 0 fully saturated rings. The molecule has 1 atom stereocenters. The summed E-state index contributed by atoms with van der Waals surface area (Å²) in [5.74, 6) is 0.965. The fourth-order valence-corrected chi connectivity index (χ4v) is 2.21. The van der Waals surface area contributed by atoms with Crippen molar-refractivity contribution in [2.45, 2.75) is 19.4 Å². The van der Waals surface area contributed by atoms with E-state index in [0.717, 1.165) is 18.8 Å². The molecule has 0 bridgehead atoms. The zero-order chi connectivity index (χ0) is 13.5. The molecule has 0 heterocycles. The van der Waals surface area contributed by atoms with E-state index < -0.39 is 0 Å². The second-order valence-corrected chi connectivity index (χ2v) is 4.52. The Morgan fingerprint density at radius 3 is 2.37 bits per heavy atom. The zero-order valence-electron chi connectivity index (χ0n) is 11.6. The van der Waals surface area contributed by atoms with E-state index in [9.17, 15) is 0 Å². The molecule has 2 nitrogen and oxygen atoms in total. The van der Waals surface area contributed by atoms with Gasteiger partial charge in [-0.1, -0.05) is 55.5 Å². The van der Waals surface area contributed by atoms with Crippen LogP contribution < -0.4 is 10.1 Å². The standard InChI is InChI=1S/C17H21NO/c1-3-13-19-16-12-8-7-11-15(16)17(18-2)14-9-5-4-6-10-14/h4-12,17-18H,3,13H2,1-2H3. The third-order valence-electron chi connectivity index (χ3n) is 3.11. The summed E-state index contributed by atoms with van der Waals surface area (Å²) >= 11 is 0. The van der Waals surface area contributed by atoms with Crippen LogP contribution in [-0.4, -0.2) is 13.7 Å². The molecule has 1 N–H and O–H groups in total. The smallest absolute Gasteiger partial charge is 0.124 e. The van der Waals surface area contributed by atoms with Crippen LogP contribution in [0.2, 0.25) is 0 Å². The van der Waals surface area contributed by atoms with E-state index in [4.69, 9.17) is 4.74 Å². The molecule has 2 rings (SSSR count). The van der Waals surface area contributed by atoms with E-state index in [1.807, 2.05) is 25.2 Å². The molecule has 2 aromatic rings. The Labute approximate surface area is 115 Å². The quantitative estimate of drug-likeness (QED) is 0.848. The molecule has 1 unspecified atom stereocenters. The van der Waals surface area contributed by atoms with E-state index in [-0.39, 0.29) is 6.04 Å². The van der Waals surface area contributed by atoms with E-state index in [1.165, 1.54) is 11.1 Å². The van der Waals surface area contributed by atoms with Crippen LogP contribution in [0.15, 0.2) is 54.6 Å². The van der Waals surface area contributed by atoms with Gasteiger partial charge in [0.2, 0.25) is 0 Å². The van der Waals surface area contributed by atoms with Crippen LogP contribution in [-0.2, 0) is 0 Å². The Bertz CT molecular complexity index is 496. The van der Waals surface area contributed by atoms with Crippen LogP contribution in [0.25, 0.3) is 0 Å². The van der Waals surface area contributed by atoms with Gasteiger partial charge in [-0.2, -0.15) is 0 Å². The minimum atomic E-state index is 0.161. The first kappa shape index (κ1) is 13.6. The number of benzene rings is 2. The van der Waals surface area contributed by atoms with Gasteiger partial charge >= 0.3 is 0 Å². The molecule has 19 heavy (non-hydrogen) atoms. The van der Waals surface area contributed by atoms with Gasteiger partial charge in [-0.3, -0.25) is 0 Å². The normalized spacial score (nSPS) is 12.1. The van der Waals surface area contributed by atoms with Crippen LogP contribution in [0.1, 0.15) is 30.5 Å². The summed E-state index contributed by atoms with van der Waals surface area (Å²) in [6.45, 7) is 2.87. The molecular formula is C17H21NO. The molecule has 0 aliphatic heterocycles. The average Bonchev–Trinajstić information content (AvgIpc) is 2.48. The van der Waals surface area contributed by atoms with Crippen LogP contribution in [0.3, 0.4) is 0 Å². The summed E-state index contributed by atoms with van der Waals surface area (Å²) in [7, 11) is 1.98. The number of nitrogens with one attached hydrogen (secondary N) is 1. The molecule has 0 spiro atoms. The molecule has 100 valence electrons. The van der Waals surface area contributed by atoms with Gasteiger partial charge < -0.3 is 10.1 Å².